The SMILES string of the molecule is CCOc1ccc(C(=O)Nc2cccc(CN(CC)C(=O)C(F)(F)F)c2)cc1C. The third kappa shape index (κ3) is 5.97. The zero-order valence-corrected chi connectivity index (χ0v) is 16.5. The summed E-state index contributed by atoms with van der Waals surface area (Å²) in [7, 11) is 0. The standard InChI is InChI=1S/C21H23F3N2O3/c1-4-26(20(28)21(22,23)24)13-15-7-6-8-17(12-15)25-19(27)16-9-10-18(29-5-2)14(3)11-16/h6-12H,4-5,13H2,1-3H3,(H,25,27). The van der Waals surface area contributed by atoms with Gasteiger partial charge in [0.2, 0.25) is 0 Å². The lowest BCUT2D eigenvalue weighted by molar-refractivity contribution is -0.185. The molecule has 0 atom stereocenters. The lowest BCUT2D eigenvalue weighted by Crippen LogP contribution is -2.40. The van der Waals surface area contributed by atoms with Crippen molar-refractivity contribution in [1.82, 2.24) is 4.90 Å². The Balaban J connectivity index is 2.12. The van der Waals surface area contributed by atoms with E-state index in [4.69, 9.17) is 4.74 Å². The number of benzene rings is 2. The van der Waals surface area contributed by atoms with Crippen molar-refractivity contribution in [2.75, 3.05) is 18.5 Å². The number of nitrogens with zero attached hydrogens (tertiary/aromatic N) is 1. The average Bonchev–Trinajstić information content (AvgIpc) is 2.66. The molecule has 0 aliphatic carbocycles. The van der Waals surface area contributed by atoms with Gasteiger partial charge in [0.1, 0.15) is 5.75 Å². The molecule has 0 radical (unpaired) electrons. The lowest BCUT2D eigenvalue weighted by Gasteiger charge is -2.22. The molecular weight excluding hydrogens is 385 g/mol. The van der Waals surface area contributed by atoms with Crippen LogP contribution in [-0.4, -0.2) is 36.0 Å². The summed E-state index contributed by atoms with van der Waals surface area (Å²) >= 11 is 0. The zero-order valence-electron chi connectivity index (χ0n) is 16.5. The predicted molar refractivity (Wildman–Crippen MR) is 104 cm³/mol. The number of nitrogens with one attached hydrogen (secondary N) is 1. The number of carbonyl (C=O) groups is 2. The van der Waals surface area contributed by atoms with E-state index in [1.165, 1.54) is 6.92 Å². The van der Waals surface area contributed by atoms with Crippen LogP contribution in [0.4, 0.5) is 18.9 Å². The van der Waals surface area contributed by atoms with Crippen LogP contribution in [0.25, 0.3) is 0 Å². The van der Waals surface area contributed by atoms with Crippen molar-refractivity contribution in [2.45, 2.75) is 33.5 Å². The van der Waals surface area contributed by atoms with Crippen LogP contribution in [0.15, 0.2) is 42.5 Å². The third-order valence-corrected chi connectivity index (χ3v) is 4.21. The Labute approximate surface area is 167 Å². The van der Waals surface area contributed by atoms with Gasteiger partial charge in [-0.3, -0.25) is 9.59 Å². The molecular formula is C21H23F3N2O3. The molecule has 156 valence electrons. The second-order valence-electron chi connectivity index (χ2n) is 6.38. The maximum Gasteiger partial charge on any atom is 0.471 e. The molecule has 29 heavy (non-hydrogen) atoms. The van der Waals surface area contributed by atoms with Gasteiger partial charge in [0, 0.05) is 24.3 Å². The van der Waals surface area contributed by atoms with Gasteiger partial charge < -0.3 is 15.0 Å². The van der Waals surface area contributed by atoms with E-state index in [0.717, 1.165) is 5.56 Å². The van der Waals surface area contributed by atoms with Gasteiger partial charge in [-0.1, -0.05) is 12.1 Å². The summed E-state index contributed by atoms with van der Waals surface area (Å²) in [6, 6.07) is 11.4. The van der Waals surface area contributed by atoms with Crippen LogP contribution in [0.3, 0.4) is 0 Å². The minimum Gasteiger partial charge on any atom is -0.494 e. The highest BCUT2D eigenvalue weighted by Gasteiger charge is 2.41. The molecule has 2 aromatic carbocycles. The number of aryl methyl sites for hydroxylation is 1. The van der Waals surface area contributed by atoms with E-state index in [9.17, 15) is 22.8 Å². The predicted octanol–water partition coefficient (Wildman–Crippen LogP) is 4.56. The number of anilines is 1. The first-order valence-electron chi connectivity index (χ1n) is 9.15. The summed E-state index contributed by atoms with van der Waals surface area (Å²) < 4.78 is 43.5. The van der Waals surface area contributed by atoms with Crippen molar-refractivity contribution in [3.05, 3.63) is 59.2 Å². The number of halogens is 3. The van der Waals surface area contributed by atoms with E-state index in [2.05, 4.69) is 5.32 Å². The van der Waals surface area contributed by atoms with Crippen LogP contribution in [0.2, 0.25) is 0 Å². The summed E-state index contributed by atoms with van der Waals surface area (Å²) in [5, 5.41) is 2.72. The highest BCUT2D eigenvalue weighted by molar-refractivity contribution is 6.04. The molecule has 0 spiro atoms. The van der Waals surface area contributed by atoms with Gasteiger partial charge in [-0.05, 0) is 62.2 Å². The number of amides is 2. The molecule has 2 amide bonds. The molecule has 2 aromatic rings. The topological polar surface area (TPSA) is 58.6 Å². The number of hydrogen-bond donors (Lipinski definition) is 1. The first-order chi connectivity index (χ1) is 13.7. The fraction of sp³-hybridized carbons (Fsp3) is 0.333. The molecule has 8 heteroatoms. The Bertz CT molecular complexity index is 882. The smallest absolute Gasteiger partial charge is 0.471 e. The molecule has 0 aliphatic rings. The number of carbonyl (C=O) groups excluding carboxylic acids is 2. The quantitative estimate of drug-likeness (QED) is 0.731. The van der Waals surface area contributed by atoms with Gasteiger partial charge in [0.25, 0.3) is 5.91 Å². The van der Waals surface area contributed by atoms with E-state index in [1.807, 2.05) is 13.8 Å². The number of alkyl halides is 3. The maximum absolute atomic E-state index is 12.7. The zero-order chi connectivity index (χ0) is 21.6. The normalized spacial score (nSPS) is 11.1. The van der Waals surface area contributed by atoms with Gasteiger partial charge in [-0.2, -0.15) is 13.2 Å². The highest BCUT2D eigenvalue weighted by atomic mass is 19.4. The second-order valence-corrected chi connectivity index (χ2v) is 6.38. The number of ether oxygens (including phenoxy) is 1. The minimum absolute atomic E-state index is 0.0829. The maximum atomic E-state index is 12.7. The summed E-state index contributed by atoms with van der Waals surface area (Å²) in [6.07, 6.45) is -4.92. The van der Waals surface area contributed by atoms with E-state index in [-0.39, 0.29) is 19.0 Å². The van der Waals surface area contributed by atoms with Crippen LogP contribution in [0.5, 0.6) is 5.75 Å². The Hall–Kier alpha value is -3.03. The van der Waals surface area contributed by atoms with Gasteiger partial charge in [0.15, 0.2) is 0 Å². The largest absolute Gasteiger partial charge is 0.494 e. The van der Waals surface area contributed by atoms with Gasteiger partial charge in [0.05, 0.1) is 6.61 Å². The average molecular weight is 408 g/mol. The molecule has 0 unspecified atom stereocenters. The highest BCUT2D eigenvalue weighted by Crippen LogP contribution is 2.22. The van der Waals surface area contributed by atoms with Crippen LogP contribution in [0, 0.1) is 6.92 Å². The molecule has 2 rings (SSSR count). The van der Waals surface area contributed by atoms with Crippen molar-refractivity contribution < 1.29 is 27.5 Å². The third-order valence-electron chi connectivity index (χ3n) is 4.21. The fourth-order valence-electron chi connectivity index (χ4n) is 2.79. The van der Waals surface area contributed by atoms with Crippen molar-refractivity contribution in [3.63, 3.8) is 0 Å². The van der Waals surface area contributed by atoms with Gasteiger partial charge >= 0.3 is 12.1 Å². The van der Waals surface area contributed by atoms with Crippen molar-refractivity contribution in [3.8, 4) is 5.75 Å². The Morgan fingerprint density at radius 3 is 2.41 bits per heavy atom. The van der Waals surface area contributed by atoms with E-state index in [1.54, 1.807) is 42.5 Å². The molecule has 0 saturated carbocycles. The van der Waals surface area contributed by atoms with E-state index < -0.39 is 12.1 Å². The molecule has 0 heterocycles. The molecule has 0 aliphatic heterocycles. The van der Waals surface area contributed by atoms with Crippen LogP contribution >= 0.6 is 0 Å². The summed E-state index contributed by atoms with van der Waals surface area (Å²) in [5.41, 5.74) is 2.15. The molecule has 1 N–H and O–H groups in total. The summed E-state index contributed by atoms with van der Waals surface area (Å²) in [6.45, 7) is 5.41. The number of hydrogen-bond acceptors (Lipinski definition) is 3. The van der Waals surface area contributed by atoms with Crippen LogP contribution in [-0.2, 0) is 11.3 Å². The minimum atomic E-state index is -4.92. The van der Waals surface area contributed by atoms with Gasteiger partial charge in [-0.15, -0.1) is 0 Å². The number of rotatable bonds is 7. The summed E-state index contributed by atoms with van der Waals surface area (Å²) in [5.74, 6) is -1.55. The Morgan fingerprint density at radius 1 is 1.10 bits per heavy atom. The van der Waals surface area contributed by atoms with Crippen LogP contribution < -0.4 is 10.1 Å². The molecule has 0 bridgehead atoms. The van der Waals surface area contributed by atoms with Crippen LogP contribution in [0.1, 0.15) is 35.3 Å². The first-order valence-corrected chi connectivity index (χ1v) is 9.15. The first kappa shape index (κ1) is 22.3. The monoisotopic (exact) mass is 408 g/mol. The lowest BCUT2D eigenvalue weighted by atomic mass is 10.1. The van der Waals surface area contributed by atoms with Crippen molar-refractivity contribution in [1.29, 1.82) is 0 Å². The Kier molecular flexibility index (Phi) is 7.25. The van der Waals surface area contributed by atoms with E-state index in [0.29, 0.717) is 34.1 Å². The molecule has 0 fully saturated rings. The van der Waals surface area contributed by atoms with Crippen molar-refractivity contribution >= 4 is 17.5 Å². The Morgan fingerprint density at radius 2 is 1.83 bits per heavy atom. The molecule has 0 aromatic heterocycles. The summed E-state index contributed by atoms with van der Waals surface area (Å²) in [4.78, 5) is 24.7. The van der Waals surface area contributed by atoms with Gasteiger partial charge in [-0.25, -0.2) is 0 Å². The van der Waals surface area contributed by atoms with E-state index >= 15 is 0 Å². The molecule has 0 saturated heterocycles. The molecule has 5 nitrogen and oxygen atoms in total. The fourth-order valence-corrected chi connectivity index (χ4v) is 2.79. The second kappa shape index (κ2) is 9.45. The van der Waals surface area contributed by atoms with Crippen molar-refractivity contribution in [2.24, 2.45) is 0 Å².